The van der Waals surface area contributed by atoms with E-state index >= 15 is 0 Å². The molecule has 0 saturated heterocycles. The number of rotatable bonds is 6. The minimum absolute atomic E-state index is 0.239. The molecule has 0 unspecified atom stereocenters. The minimum Gasteiger partial charge on any atom is -0.465 e. The molecule has 1 aromatic heterocycles. The number of carbonyl (C=O) groups is 2. The molecule has 3 rings (SSSR count). The Labute approximate surface area is 190 Å². The molecule has 6 nitrogen and oxygen atoms in total. The van der Waals surface area contributed by atoms with Crippen molar-refractivity contribution in [3.8, 4) is 11.1 Å². The number of carbonyl (C=O) groups excluding carboxylic acids is 2. The fourth-order valence-corrected chi connectivity index (χ4v) is 4.46. The third-order valence-corrected chi connectivity index (χ3v) is 5.66. The van der Waals surface area contributed by atoms with Gasteiger partial charge in [0.2, 0.25) is 0 Å². The van der Waals surface area contributed by atoms with Crippen LogP contribution in [0.25, 0.3) is 11.1 Å². The van der Waals surface area contributed by atoms with Crippen LogP contribution in [0.2, 0.25) is 0 Å². The van der Waals surface area contributed by atoms with E-state index in [0.717, 1.165) is 16.0 Å². The molecular weight excluding hydrogens is 432 g/mol. The van der Waals surface area contributed by atoms with Crippen LogP contribution in [0.15, 0.2) is 54.6 Å². The quantitative estimate of drug-likeness (QED) is 0.376. The van der Waals surface area contributed by atoms with Gasteiger partial charge in [-0.2, -0.15) is 0 Å². The van der Waals surface area contributed by atoms with Gasteiger partial charge in [-0.1, -0.05) is 42.5 Å². The van der Waals surface area contributed by atoms with Crippen LogP contribution in [0.5, 0.6) is 0 Å². The molecule has 0 bridgehead atoms. The van der Waals surface area contributed by atoms with Gasteiger partial charge in [0.15, 0.2) is 5.11 Å². The number of para-hydroxylation sites is 1. The number of aryl methyl sites for hydroxylation is 1. The second-order valence-corrected chi connectivity index (χ2v) is 8.07. The van der Waals surface area contributed by atoms with E-state index in [1.54, 1.807) is 31.2 Å². The first kappa shape index (κ1) is 22.5. The van der Waals surface area contributed by atoms with Crippen molar-refractivity contribution in [3.63, 3.8) is 0 Å². The Morgan fingerprint density at radius 1 is 1.00 bits per heavy atom. The summed E-state index contributed by atoms with van der Waals surface area (Å²) in [6.45, 7) is 3.96. The second-order valence-electron chi connectivity index (χ2n) is 6.44. The molecule has 0 amide bonds. The zero-order valence-electron chi connectivity index (χ0n) is 17.4. The van der Waals surface area contributed by atoms with Gasteiger partial charge in [0.1, 0.15) is 10.6 Å². The van der Waals surface area contributed by atoms with Gasteiger partial charge in [0, 0.05) is 10.4 Å². The fourth-order valence-electron chi connectivity index (χ4n) is 3.12. The average Bonchev–Trinajstić information content (AvgIpc) is 3.09. The lowest BCUT2D eigenvalue weighted by molar-refractivity contribution is 0.0526. The van der Waals surface area contributed by atoms with Gasteiger partial charge < -0.3 is 20.1 Å². The number of nitrogens with one attached hydrogen (secondary N) is 2. The van der Waals surface area contributed by atoms with E-state index in [-0.39, 0.29) is 11.7 Å². The predicted molar refractivity (Wildman–Crippen MR) is 128 cm³/mol. The van der Waals surface area contributed by atoms with Crippen LogP contribution in [0.3, 0.4) is 0 Å². The molecule has 0 aliphatic heterocycles. The summed E-state index contributed by atoms with van der Waals surface area (Å²) >= 11 is 6.87. The number of anilines is 2. The van der Waals surface area contributed by atoms with Gasteiger partial charge in [0.05, 0.1) is 25.0 Å². The van der Waals surface area contributed by atoms with Crippen LogP contribution < -0.4 is 10.6 Å². The van der Waals surface area contributed by atoms with Crippen molar-refractivity contribution >= 4 is 51.3 Å². The third-order valence-electron chi connectivity index (χ3n) is 4.43. The first-order valence-corrected chi connectivity index (χ1v) is 10.8. The molecule has 0 aliphatic carbocycles. The topological polar surface area (TPSA) is 76.7 Å². The van der Waals surface area contributed by atoms with E-state index in [9.17, 15) is 9.59 Å². The number of thiophene rings is 1. The summed E-state index contributed by atoms with van der Waals surface area (Å²) in [5.74, 6) is -0.901. The van der Waals surface area contributed by atoms with Crippen molar-refractivity contribution in [3.05, 3.63) is 70.6 Å². The maximum atomic E-state index is 12.6. The molecule has 160 valence electrons. The number of esters is 2. The highest BCUT2D eigenvalue weighted by Crippen LogP contribution is 2.40. The highest BCUT2D eigenvalue weighted by atomic mass is 32.1. The van der Waals surface area contributed by atoms with Gasteiger partial charge in [-0.3, -0.25) is 0 Å². The van der Waals surface area contributed by atoms with Crippen molar-refractivity contribution in [2.75, 3.05) is 24.4 Å². The maximum absolute atomic E-state index is 12.6. The van der Waals surface area contributed by atoms with Crippen molar-refractivity contribution in [2.45, 2.75) is 13.8 Å². The number of benzene rings is 2. The van der Waals surface area contributed by atoms with Crippen molar-refractivity contribution in [2.24, 2.45) is 0 Å². The molecule has 31 heavy (non-hydrogen) atoms. The first-order chi connectivity index (χ1) is 15.0. The Bertz CT molecular complexity index is 1110. The van der Waals surface area contributed by atoms with Gasteiger partial charge in [-0.25, -0.2) is 9.59 Å². The van der Waals surface area contributed by atoms with Crippen LogP contribution in [0.1, 0.15) is 32.5 Å². The molecule has 0 aliphatic rings. The second kappa shape index (κ2) is 10.2. The molecule has 2 aromatic carbocycles. The Morgan fingerprint density at radius 2 is 1.68 bits per heavy atom. The summed E-state index contributed by atoms with van der Waals surface area (Å²) in [6.07, 6.45) is 0. The summed E-state index contributed by atoms with van der Waals surface area (Å²) in [4.78, 5) is 25.8. The Morgan fingerprint density at radius 3 is 2.35 bits per heavy atom. The lowest BCUT2D eigenvalue weighted by Gasteiger charge is -2.14. The average molecular weight is 455 g/mol. The molecule has 0 fully saturated rings. The van der Waals surface area contributed by atoms with Crippen molar-refractivity contribution in [1.82, 2.24) is 0 Å². The first-order valence-electron chi connectivity index (χ1n) is 9.57. The van der Waals surface area contributed by atoms with E-state index in [2.05, 4.69) is 10.6 Å². The maximum Gasteiger partial charge on any atom is 0.341 e. The summed E-state index contributed by atoms with van der Waals surface area (Å²) in [5, 5.41) is 6.92. The van der Waals surface area contributed by atoms with Crippen molar-refractivity contribution in [1.29, 1.82) is 0 Å². The summed E-state index contributed by atoms with van der Waals surface area (Å²) in [7, 11) is 1.35. The summed E-state index contributed by atoms with van der Waals surface area (Å²) < 4.78 is 10.1. The number of hydrogen-bond acceptors (Lipinski definition) is 6. The van der Waals surface area contributed by atoms with E-state index < -0.39 is 11.9 Å². The standard InChI is InChI=1S/C23H22N2O4S2/c1-4-29-21(26)16-12-8-9-13-17(16)24-23(30)25-20-19(22(27)28-3)18(14(2)31-20)15-10-6-5-7-11-15/h5-13H,4H2,1-3H3,(H2,24,25,30). The predicted octanol–water partition coefficient (Wildman–Crippen LogP) is 5.50. The lowest BCUT2D eigenvalue weighted by Crippen LogP contribution is -2.22. The normalized spacial score (nSPS) is 10.3. The third kappa shape index (κ3) is 5.10. The van der Waals surface area contributed by atoms with E-state index in [0.29, 0.717) is 21.8 Å². The summed E-state index contributed by atoms with van der Waals surface area (Å²) in [5.41, 5.74) is 3.01. The van der Waals surface area contributed by atoms with Crippen LogP contribution in [-0.4, -0.2) is 30.8 Å². The number of thiocarbonyl (C=S) groups is 1. The van der Waals surface area contributed by atoms with Crippen LogP contribution >= 0.6 is 23.6 Å². The van der Waals surface area contributed by atoms with Crippen LogP contribution in [0, 0.1) is 6.92 Å². The number of ether oxygens (including phenoxy) is 2. The fraction of sp³-hybridized carbons (Fsp3) is 0.174. The Hall–Kier alpha value is -3.23. The molecule has 1 heterocycles. The van der Waals surface area contributed by atoms with Gasteiger partial charge in [-0.05, 0) is 43.8 Å². The molecule has 0 spiro atoms. The highest BCUT2D eigenvalue weighted by molar-refractivity contribution is 7.80. The largest absolute Gasteiger partial charge is 0.465 e. The smallest absolute Gasteiger partial charge is 0.341 e. The van der Waals surface area contributed by atoms with Gasteiger partial charge in [-0.15, -0.1) is 11.3 Å². The molecular formula is C23H22N2O4S2. The molecule has 2 N–H and O–H groups in total. The number of hydrogen-bond donors (Lipinski definition) is 2. The minimum atomic E-state index is -0.458. The molecule has 0 atom stereocenters. The molecule has 3 aromatic rings. The highest BCUT2D eigenvalue weighted by Gasteiger charge is 2.24. The Balaban J connectivity index is 1.91. The lowest BCUT2D eigenvalue weighted by atomic mass is 10.0. The zero-order valence-corrected chi connectivity index (χ0v) is 19.0. The van der Waals surface area contributed by atoms with Gasteiger partial charge >= 0.3 is 11.9 Å². The Kier molecular flexibility index (Phi) is 7.38. The monoisotopic (exact) mass is 454 g/mol. The number of methoxy groups -OCH3 is 1. The van der Waals surface area contributed by atoms with Gasteiger partial charge in [0.25, 0.3) is 0 Å². The summed E-state index contributed by atoms with van der Waals surface area (Å²) in [6, 6.07) is 16.6. The molecule has 0 saturated carbocycles. The van der Waals surface area contributed by atoms with E-state index in [4.69, 9.17) is 21.7 Å². The molecule has 8 heteroatoms. The SMILES string of the molecule is CCOC(=O)c1ccccc1NC(=S)Nc1sc(C)c(-c2ccccc2)c1C(=O)OC. The zero-order chi connectivity index (χ0) is 22.4. The van der Waals surface area contributed by atoms with E-state index in [1.807, 2.05) is 37.3 Å². The van der Waals surface area contributed by atoms with Crippen molar-refractivity contribution < 1.29 is 19.1 Å². The van der Waals surface area contributed by atoms with Crippen LogP contribution in [-0.2, 0) is 9.47 Å². The van der Waals surface area contributed by atoms with Crippen LogP contribution in [0.4, 0.5) is 10.7 Å². The molecule has 0 radical (unpaired) electrons. The van der Waals surface area contributed by atoms with E-state index in [1.165, 1.54) is 18.4 Å².